The van der Waals surface area contributed by atoms with Crippen LogP contribution in [0.4, 0.5) is 0 Å². The average molecular weight is 291 g/mol. The maximum Gasteiger partial charge on any atom is 0.127 e. The van der Waals surface area contributed by atoms with Gasteiger partial charge in [-0.15, -0.1) is 0 Å². The van der Waals surface area contributed by atoms with E-state index >= 15 is 0 Å². The third kappa shape index (κ3) is 2.47. The van der Waals surface area contributed by atoms with Crippen LogP contribution in [0.15, 0.2) is 42.5 Å². The van der Waals surface area contributed by atoms with E-state index in [0.29, 0.717) is 17.2 Å². The first kappa shape index (κ1) is 13.3. The molecular formula is C16H15ClO3. The molecule has 104 valence electrons. The van der Waals surface area contributed by atoms with Crippen molar-refractivity contribution in [2.75, 3.05) is 7.11 Å². The molecule has 2 aromatic rings. The van der Waals surface area contributed by atoms with Crippen molar-refractivity contribution in [1.29, 1.82) is 0 Å². The molecule has 3 nitrogen and oxygen atoms in total. The van der Waals surface area contributed by atoms with Crippen molar-refractivity contribution in [2.45, 2.75) is 18.6 Å². The van der Waals surface area contributed by atoms with Crippen LogP contribution in [-0.2, 0) is 0 Å². The minimum absolute atomic E-state index is 0.186. The van der Waals surface area contributed by atoms with Gasteiger partial charge < -0.3 is 14.6 Å². The molecule has 0 saturated heterocycles. The van der Waals surface area contributed by atoms with Gasteiger partial charge in [-0.1, -0.05) is 23.7 Å². The zero-order chi connectivity index (χ0) is 14.1. The van der Waals surface area contributed by atoms with Gasteiger partial charge in [-0.25, -0.2) is 0 Å². The van der Waals surface area contributed by atoms with E-state index in [1.54, 1.807) is 25.3 Å². The lowest BCUT2D eigenvalue weighted by atomic mass is 9.95. The molecule has 1 unspecified atom stereocenters. The summed E-state index contributed by atoms with van der Waals surface area (Å²) < 4.78 is 11.2. The molecule has 1 heterocycles. The molecule has 0 bridgehead atoms. The topological polar surface area (TPSA) is 38.7 Å². The zero-order valence-electron chi connectivity index (χ0n) is 11.0. The minimum atomic E-state index is -0.575. The minimum Gasteiger partial charge on any atom is -0.497 e. The van der Waals surface area contributed by atoms with Gasteiger partial charge in [0.05, 0.1) is 13.2 Å². The second-order valence-corrected chi connectivity index (χ2v) is 5.25. The van der Waals surface area contributed by atoms with Crippen molar-refractivity contribution in [3.63, 3.8) is 0 Å². The number of ether oxygens (including phenoxy) is 2. The smallest absolute Gasteiger partial charge is 0.127 e. The molecule has 1 aliphatic heterocycles. The Balaban J connectivity index is 1.92. The number of aliphatic hydroxyl groups is 1. The predicted molar refractivity (Wildman–Crippen MR) is 77.4 cm³/mol. The number of hydrogen-bond donors (Lipinski definition) is 1. The first-order valence-corrected chi connectivity index (χ1v) is 6.83. The van der Waals surface area contributed by atoms with Gasteiger partial charge in [0, 0.05) is 17.0 Å². The highest BCUT2D eigenvalue weighted by atomic mass is 35.5. The molecule has 2 atom stereocenters. The van der Waals surface area contributed by atoms with Gasteiger partial charge in [0.2, 0.25) is 0 Å². The molecular weight excluding hydrogens is 276 g/mol. The molecule has 4 heteroatoms. The number of halogens is 1. The normalized spacial score (nSPS) is 20.9. The van der Waals surface area contributed by atoms with Crippen molar-refractivity contribution >= 4 is 11.6 Å². The first-order chi connectivity index (χ1) is 9.67. The van der Waals surface area contributed by atoms with Gasteiger partial charge in [-0.05, 0) is 35.9 Å². The van der Waals surface area contributed by atoms with Crippen LogP contribution < -0.4 is 9.47 Å². The summed E-state index contributed by atoms with van der Waals surface area (Å²) in [6.45, 7) is 0. The van der Waals surface area contributed by atoms with E-state index in [1.807, 2.05) is 24.3 Å². The third-order valence-corrected chi connectivity index (χ3v) is 3.74. The first-order valence-electron chi connectivity index (χ1n) is 6.45. The van der Waals surface area contributed by atoms with E-state index in [2.05, 4.69) is 0 Å². The summed E-state index contributed by atoms with van der Waals surface area (Å²) in [4.78, 5) is 0. The van der Waals surface area contributed by atoms with Crippen molar-refractivity contribution < 1.29 is 14.6 Å². The highest BCUT2D eigenvalue weighted by Gasteiger charge is 2.28. The van der Waals surface area contributed by atoms with Gasteiger partial charge in [-0.3, -0.25) is 0 Å². The fourth-order valence-electron chi connectivity index (χ4n) is 2.46. The van der Waals surface area contributed by atoms with Crippen molar-refractivity contribution in [3.05, 3.63) is 58.6 Å². The molecule has 0 aliphatic carbocycles. The molecule has 0 radical (unpaired) electrons. The standard InChI is InChI=1S/C16H15ClO3/c1-19-12-4-2-3-10(7-12)16-9-14(18)13-8-11(17)5-6-15(13)20-16/h2-8,14,16,18H,9H2,1H3/t14-,16?/m1/s1. The monoisotopic (exact) mass is 290 g/mol. The number of methoxy groups -OCH3 is 1. The Morgan fingerprint density at radius 3 is 2.90 bits per heavy atom. The lowest BCUT2D eigenvalue weighted by Crippen LogP contribution is -2.19. The Morgan fingerprint density at radius 2 is 2.10 bits per heavy atom. The third-order valence-electron chi connectivity index (χ3n) is 3.50. The van der Waals surface area contributed by atoms with Crippen molar-refractivity contribution in [1.82, 2.24) is 0 Å². The second-order valence-electron chi connectivity index (χ2n) is 4.82. The number of hydrogen-bond acceptors (Lipinski definition) is 3. The summed E-state index contributed by atoms with van der Waals surface area (Å²) >= 11 is 5.95. The van der Waals surface area contributed by atoms with E-state index in [9.17, 15) is 5.11 Å². The maximum absolute atomic E-state index is 10.3. The van der Waals surface area contributed by atoms with Gasteiger partial charge in [0.25, 0.3) is 0 Å². The van der Waals surface area contributed by atoms with Gasteiger partial charge in [0.15, 0.2) is 0 Å². The summed E-state index contributed by atoms with van der Waals surface area (Å²) in [5.41, 5.74) is 1.74. The largest absolute Gasteiger partial charge is 0.497 e. The molecule has 0 fully saturated rings. The number of aliphatic hydroxyl groups excluding tert-OH is 1. The zero-order valence-corrected chi connectivity index (χ0v) is 11.8. The van der Waals surface area contributed by atoms with Crippen LogP contribution in [0.2, 0.25) is 5.02 Å². The molecule has 2 aromatic carbocycles. The fraction of sp³-hybridized carbons (Fsp3) is 0.250. The summed E-state index contributed by atoms with van der Waals surface area (Å²) in [6, 6.07) is 13.0. The van der Waals surface area contributed by atoms with Gasteiger partial charge in [-0.2, -0.15) is 0 Å². The van der Waals surface area contributed by atoms with Crippen molar-refractivity contribution in [3.8, 4) is 11.5 Å². The Morgan fingerprint density at radius 1 is 1.25 bits per heavy atom. The predicted octanol–water partition coefficient (Wildman–Crippen LogP) is 3.91. The lowest BCUT2D eigenvalue weighted by molar-refractivity contribution is 0.0656. The lowest BCUT2D eigenvalue weighted by Gasteiger charge is -2.30. The Hall–Kier alpha value is -1.71. The molecule has 20 heavy (non-hydrogen) atoms. The Bertz CT molecular complexity index is 627. The molecule has 1 aliphatic rings. The summed E-state index contributed by atoms with van der Waals surface area (Å²) in [6.07, 6.45) is -0.261. The number of benzene rings is 2. The Labute approximate surface area is 122 Å². The molecule has 0 spiro atoms. The molecule has 1 N–H and O–H groups in total. The van der Waals surface area contributed by atoms with Gasteiger partial charge >= 0.3 is 0 Å². The molecule has 0 aromatic heterocycles. The summed E-state index contributed by atoms with van der Waals surface area (Å²) in [5, 5.41) is 10.9. The van der Waals surface area contributed by atoms with Crippen LogP contribution in [0.1, 0.15) is 29.8 Å². The maximum atomic E-state index is 10.3. The van der Waals surface area contributed by atoms with E-state index in [-0.39, 0.29) is 6.10 Å². The van der Waals surface area contributed by atoms with E-state index < -0.39 is 6.10 Å². The SMILES string of the molecule is COc1cccc(C2C[C@@H](O)c3cc(Cl)ccc3O2)c1. The van der Waals surface area contributed by atoms with Crippen LogP contribution in [0.25, 0.3) is 0 Å². The van der Waals surface area contributed by atoms with Crippen molar-refractivity contribution in [2.24, 2.45) is 0 Å². The van der Waals surface area contributed by atoms with Crippen LogP contribution in [0.3, 0.4) is 0 Å². The molecule has 3 rings (SSSR count). The van der Waals surface area contributed by atoms with Crippen LogP contribution >= 0.6 is 11.6 Å². The molecule has 0 saturated carbocycles. The van der Waals surface area contributed by atoms with Crippen LogP contribution in [0, 0.1) is 0 Å². The summed E-state index contributed by atoms with van der Waals surface area (Å²) in [5.74, 6) is 1.46. The van der Waals surface area contributed by atoms with Crippen LogP contribution in [-0.4, -0.2) is 12.2 Å². The van der Waals surface area contributed by atoms with Gasteiger partial charge in [0.1, 0.15) is 17.6 Å². The van der Waals surface area contributed by atoms with E-state index in [1.165, 1.54) is 0 Å². The van der Waals surface area contributed by atoms with Crippen LogP contribution in [0.5, 0.6) is 11.5 Å². The highest BCUT2D eigenvalue weighted by Crippen LogP contribution is 2.42. The number of fused-ring (bicyclic) bond motifs is 1. The fourth-order valence-corrected chi connectivity index (χ4v) is 2.64. The molecule has 0 amide bonds. The van der Waals surface area contributed by atoms with E-state index in [0.717, 1.165) is 16.9 Å². The Kier molecular flexibility index (Phi) is 3.55. The number of rotatable bonds is 2. The average Bonchev–Trinajstić information content (AvgIpc) is 2.48. The summed E-state index contributed by atoms with van der Waals surface area (Å²) in [7, 11) is 1.63. The second kappa shape index (κ2) is 5.35. The van der Waals surface area contributed by atoms with E-state index in [4.69, 9.17) is 21.1 Å². The highest BCUT2D eigenvalue weighted by molar-refractivity contribution is 6.30. The quantitative estimate of drug-likeness (QED) is 0.911.